The van der Waals surface area contributed by atoms with E-state index < -0.39 is 0 Å². The molecule has 2 aromatic carbocycles. The normalized spacial score (nSPS) is 10.1. The Kier molecular flexibility index (Phi) is 5.83. The molecule has 0 atom stereocenters. The van der Waals surface area contributed by atoms with Gasteiger partial charge in [-0.15, -0.1) is 0 Å². The standard InChI is InChI=1S/C18H22N2O/c1-2-3-13-19-18(21)20-17-12-8-7-11-16(17)14-15-9-5-4-6-10-15/h4-12H,2-3,13-14H2,1H3,(H2,19,20,21). The van der Waals surface area contributed by atoms with E-state index in [1.165, 1.54) is 5.56 Å². The van der Waals surface area contributed by atoms with Crippen molar-refractivity contribution >= 4 is 11.7 Å². The number of rotatable bonds is 6. The van der Waals surface area contributed by atoms with Crippen molar-refractivity contribution in [3.05, 3.63) is 65.7 Å². The molecule has 3 heteroatoms. The maximum absolute atomic E-state index is 11.9. The predicted molar refractivity (Wildman–Crippen MR) is 87.6 cm³/mol. The van der Waals surface area contributed by atoms with Gasteiger partial charge in [0.2, 0.25) is 0 Å². The Balaban J connectivity index is 2.01. The SMILES string of the molecule is CCCCNC(=O)Nc1ccccc1Cc1ccccc1. The first-order valence-corrected chi connectivity index (χ1v) is 7.46. The van der Waals surface area contributed by atoms with Crippen molar-refractivity contribution in [1.29, 1.82) is 0 Å². The number of unbranched alkanes of at least 4 members (excludes halogenated alkanes) is 1. The van der Waals surface area contributed by atoms with E-state index in [4.69, 9.17) is 0 Å². The average Bonchev–Trinajstić information content (AvgIpc) is 2.51. The molecule has 2 rings (SSSR count). The van der Waals surface area contributed by atoms with Crippen LogP contribution in [0.15, 0.2) is 54.6 Å². The molecule has 0 unspecified atom stereocenters. The first kappa shape index (κ1) is 15.1. The van der Waals surface area contributed by atoms with E-state index in [9.17, 15) is 4.79 Å². The van der Waals surface area contributed by atoms with Crippen LogP contribution in [-0.2, 0) is 6.42 Å². The fourth-order valence-electron chi connectivity index (χ4n) is 2.16. The van der Waals surface area contributed by atoms with Crippen LogP contribution in [0.3, 0.4) is 0 Å². The number of hydrogen-bond acceptors (Lipinski definition) is 1. The highest BCUT2D eigenvalue weighted by Crippen LogP contribution is 2.18. The summed E-state index contributed by atoms with van der Waals surface area (Å²) in [6.45, 7) is 2.82. The zero-order valence-electron chi connectivity index (χ0n) is 12.4. The molecule has 0 fully saturated rings. The molecule has 21 heavy (non-hydrogen) atoms. The highest BCUT2D eigenvalue weighted by atomic mass is 16.2. The van der Waals surface area contributed by atoms with Crippen LogP contribution in [0.1, 0.15) is 30.9 Å². The Morgan fingerprint density at radius 1 is 1.00 bits per heavy atom. The molecule has 0 saturated carbocycles. The van der Waals surface area contributed by atoms with Crippen LogP contribution in [0.4, 0.5) is 10.5 Å². The minimum Gasteiger partial charge on any atom is -0.338 e. The van der Waals surface area contributed by atoms with Gasteiger partial charge in [0.15, 0.2) is 0 Å². The van der Waals surface area contributed by atoms with Gasteiger partial charge in [-0.3, -0.25) is 0 Å². The molecule has 3 nitrogen and oxygen atoms in total. The van der Waals surface area contributed by atoms with Gasteiger partial charge in [-0.2, -0.15) is 0 Å². The van der Waals surface area contributed by atoms with E-state index in [1.54, 1.807) is 0 Å². The van der Waals surface area contributed by atoms with E-state index in [0.717, 1.165) is 30.5 Å². The Labute approximate surface area is 126 Å². The highest BCUT2D eigenvalue weighted by Gasteiger charge is 2.06. The number of hydrogen-bond donors (Lipinski definition) is 2. The molecule has 0 aliphatic carbocycles. The lowest BCUT2D eigenvalue weighted by Crippen LogP contribution is -2.29. The first-order chi connectivity index (χ1) is 10.3. The third kappa shape index (κ3) is 4.95. The number of benzene rings is 2. The number of amides is 2. The second kappa shape index (κ2) is 8.10. The van der Waals surface area contributed by atoms with Gasteiger partial charge in [0.05, 0.1) is 0 Å². The van der Waals surface area contributed by atoms with E-state index in [0.29, 0.717) is 6.54 Å². The fourth-order valence-corrected chi connectivity index (χ4v) is 2.16. The minimum absolute atomic E-state index is 0.135. The minimum atomic E-state index is -0.135. The molecule has 0 heterocycles. The van der Waals surface area contributed by atoms with Gasteiger partial charge in [-0.25, -0.2) is 4.79 Å². The monoisotopic (exact) mass is 282 g/mol. The fraction of sp³-hybridized carbons (Fsp3) is 0.278. The Bertz CT molecular complexity index is 566. The maximum Gasteiger partial charge on any atom is 0.319 e. The molecule has 0 aromatic heterocycles. The van der Waals surface area contributed by atoms with Crippen molar-refractivity contribution in [3.8, 4) is 0 Å². The van der Waals surface area contributed by atoms with E-state index >= 15 is 0 Å². The molecule has 0 spiro atoms. The van der Waals surface area contributed by atoms with Crippen molar-refractivity contribution < 1.29 is 4.79 Å². The van der Waals surface area contributed by atoms with Crippen molar-refractivity contribution in [1.82, 2.24) is 5.32 Å². The summed E-state index contributed by atoms with van der Waals surface area (Å²) >= 11 is 0. The summed E-state index contributed by atoms with van der Waals surface area (Å²) in [5.74, 6) is 0. The predicted octanol–water partition coefficient (Wildman–Crippen LogP) is 4.20. The molecular weight excluding hydrogens is 260 g/mol. The van der Waals surface area contributed by atoms with E-state index in [-0.39, 0.29) is 6.03 Å². The van der Waals surface area contributed by atoms with Gasteiger partial charge in [0.1, 0.15) is 0 Å². The van der Waals surface area contributed by atoms with Crippen LogP contribution >= 0.6 is 0 Å². The van der Waals surface area contributed by atoms with Crippen LogP contribution in [0, 0.1) is 0 Å². The highest BCUT2D eigenvalue weighted by molar-refractivity contribution is 5.90. The van der Waals surface area contributed by atoms with Crippen LogP contribution in [0.2, 0.25) is 0 Å². The Morgan fingerprint density at radius 3 is 2.48 bits per heavy atom. The van der Waals surface area contributed by atoms with E-state index in [2.05, 4.69) is 35.8 Å². The van der Waals surface area contributed by atoms with Crippen LogP contribution in [0.5, 0.6) is 0 Å². The Morgan fingerprint density at radius 2 is 1.71 bits per heavy atom. The lowest BCUT2D eigenvalue weighted by atomic mass is 10.0. The lowest BCUT2D eigenvalue weighted by Gasteiger charge is -2.12. The van der Waals surface area contributed by atoms with E-state index in [1.807, 2.05) is 36.4 Å². The maximum atomic E-state index is 11.9. The molecule has 0 radical (unpaired) electrons. The van der Waals surface area contributed by atoms with Gasteiger partial charge in [-0.1, -0.05) is 61.9 Å². The molecule has 0 aliphatic rings. The topological polar surface area (TPSA) is 41.1 Å². The number of anilines is 1. The van der Waals surface area contributed by atoms with Crippen molar-refractivity contribution in [3.63, 3.8) is 0 Å². The molecule has 0 aliphatic heterocycles. The molecule has 110 valence electrons. The average molecular weight is 282 g/mol. The zero-order chi connectivity index (χ0) is 14.9. The van der Waals surface area contributed by atoms with Crippen molar-refractivity contribution in [2.24, 2.45) is 0 Å². The molecule has 2 amide bonds. The summed E-state index contributed by atoms with van der Waals surface area (Å²) in [6, 6.07) is 18.1. The summed E-state index contributed by atoms with van der Waals surface area (Å²) in [6.07, 6.45) is 2.89. The van der Waals surface area contributed by atoms with Crippen molar-refractivity contribution in [2.75, 3.05) is 11.9 Å². The van der Waals surface area contributed by atoms with Gasteiger partial charge in [0, 0.05) is 12.2 Å². The summed E-state index contributed by atoms with van der Waals surface area (Å²) in [4.78, 5) is 11.9. The summed E-state index contributed by atoms with van der Waals surface area (Å²) in [5.41, 5.74) is 3.22. The number of para-hydroxylation sites is 1. The zero-order valence-corrected chi connectivity index (χ0v) is 12.4. The van der Waals surface area contributed by atoms with Crippen LogP contribution < -0.4 is 10.6 Å². The molecule has 0 saturated heterocycles. The number of urea groups is 1. The second-order valence-electron chi connectivity index (χ2n) is 5.05. The van der Waals surface area contributed by atoms with Crippen LogP contribution in [-0.4, -0.2) is 12.6 Å². The molecular formula is C18H22N2O. The van der Waals surface area contributed by atoms with Gasteiger partial charge >= 0.3 is 6.03 Å². The smallest absolute Gasteiger partial charge is 0.319 e. The van der Waals surface area contributed by atoms with Crippen LogP contribution in [0.25, 0.3) is 0 Å². The first-order valence-electron chi connectivity index (χ1n) is 7.46. The van der Waals surface area contributed by atoms with Gasteiger partial charge in [-0.05, 0) is 30.0 Å². The Hall–Kier alpha value is -2.29. The summed E-state index contributed by atoms with van der Waals surface area (Å²) < 4.78 is 0. The second-order valence-corrected chi connectivity index (χ2v) is 5.05. The summed E-state index contributed by atoms with van der Waals surface area (Å²) in [5, 5.41) is 5.81. The van der Waals surface area contributed by atoms with Gasteiger partial charge in [0.25, 0.3) is 0 Å². The molecule has 2 N–H and O–H groups in total. The quantitative estimate of drug-likeness (QED) is 0.766. The van der Waals surface area contributed by atoms with Gasteiger partial charge < -0.3 is 10.6 Å². The lowest BCUT2D eigenvalue weighted by molar-refractivity contribution is 0.252. The van der Waals surface area contributed by atoms with Crippen molar-refractivity contribution in [2.45, 2.75) is 26.2 Å². The third-order valence-electron chi connectivity index (χ3n) is 3.32. The number of carbonyl (C=O) groups is 1. The molecule has 0 bridgehead atoms. The summed E-state index contributed by atoms with van der Waals surface area (Å²) in [7, 11) is 0. The number of nitrogens with one attached hydrogen (secondary N) is 2. The molecule has 2 aromatic rings. The number of carbonyl (C=O) groups excluding carboxylic acids is 1. The third-order valence-corrected chi connectivity index (χ3v) is 3.32. The largest absolute Gasteiger partial charge is 0.338 e.